The molecular formula is C28H31Br. The summed E-state index contributed by atoms with van der Waals surface area (Å²) in [6.45, 7) is 13.5. The highest BCUT2D eigenvalue weighted by Gasteiger charge is 2.16. The number of halogens is 1. The topological polar surface area (TPSA) is 0 Å². The van der Waals surface area contributed by atoms with Gasteiger partial charge in [0.05, 0.1) is 0 Å². The van der Waals surface area contributed by atoms with Crippen molar-refractivity contribution in [1.29, 1.82) is 0 Å². The zero-order valence-corrected chi connectivity index (χ0v) is 20.0. The van der Waals surface area contributed by atoms with E-state index < -0.39 is 0 Å². The largest absolute Gasteiger partial charge is 0.0579 e. The van der Waals surface area contributed by atoms with Gasteiger partial charge in [0.1, 0.15) is 0 Å². The van der Waals surface area contributed by atoms with Crippen LogP contribution >= 0.6 is 15.9 Å². The highest BCUT2D eigenvalue weighted by Crippen LogP contribution is 2.31. The van der Waals surface area contributed by atoms with Gasteiger partial charge in [-0.1, -0.05) is 118 Å². The molecule has 0 bridgehead atoms. The summed E-state index contributed by atoms with van der Waals surface area (Å²) in [7, 11) is 0. The molecule has 1 heteroatoms. The first-order valence-electron chi connectivity index (χ1n) is 10.2. The predicted molar refractivity (Wildman–Crippen MR) is 131 cm³/mol. The molecular weight excluding hydrogens is 416 g/mol. The van der Waals surface area contributed by atoms with Crippen molar-refractivity contribution in [2.45, 2.75) is 52.4 Å². The molecule has 0 N–H and O–H groups in total. The summed E-state index contributed by atoms with van der Waals surface area (Å²) in [4.78, 5) is 0. The predicted octanol–water partition coefficient (Wildman–Crippen LogP) is 8.63. The second kappa shape index (κ2) is 8.32. The standard InChI is InChI=1S/C28H31Br/c1-27(2,3)23-13-9-21(10-14-23)26(19-20-7-17-25(29)18-8-20)22-11-15-24(16-12-22)28(4,5)6/h7-19H,1-6H3. The van der Waals surface area contributed by atoms with E-state index in [-0.39, 0.29) is 10.8 Å². The lowest BCUT2D eigenvalue weighted by Gasteiger charge is -2.21. The van der Waals surface area contributed by atoms with Crippen molar-refractivity contribution in [3.63, 3.8) is 0 Å². The third kappa shape index (κ3) is 5.48. The van der Waals surface area contributed by atoms with Crippen molar-refractivity contribution >= 4 is 27.6 Å². The third-order valence-electron chi connectivity index (χ3n) is 5.30. The molecule has 29 heavy (non-hydrogen) atoms. The maximum atomic E-state index is 3.53. The summed E-state index contributed by atoms with van der Waals surface area (Å²) < 4.78 is 1.10. The van der Waals surface area contributed by atoms with Crippen molar-refractivity contribution in [1.82, 2.24) is 0 Å². The van der Waals surface area contributed by atoms with Crippen LogP contribution in [0.5, 0.6) is 0 Å². The van der Waals surface area contributed by atoms with Crippen LogP contribution in [0.3, 0.4) is 0 Å². The molecule has 3 aromatic carbocycles. The van der Waals surface area contributed by atoms with Crippen molar-refractivity contribution in [2.75, 3.05) is 0 Å². The van der Waals surface area contributed by atoms with E-state index in [9.17, 15) is 0 Å². The summed E-state index contributed by atoms with van der Waals surface area (Å²) in [5.41, 5.74) is 7.94. The molecule has 0 aromatic heterocycles. The average Bonchev–Trinajstić information content (AvgIpc) is 2.66. The van der Waals surface area contributed by atoms with Gasteiger partial charge < -0.3 is 0 Å². The summed E-state index contributed by atoms with van der Waals surface area (Å²) in [6.07, 6.45) is 2.28. The van der Waals surface area contributed by atoms with Crippen LogP contribution in [0.1, 0.15) is 69.4 Å². The van der Waals surface area contributed by atoms with Gasteiger partial charge in [0, 0.05) is 4.47 Å². The van der Waals surface area contributed by atoms with Gasteiger partial charge in [0.15, 0.2) is 0 Å². The van der Waals surface area contributed by atoms with Gasteiger partial charge >= 0.3 is 0 Å². The lowest BCUT2D eigenvalue weighted by Crippen LogP contribution is -2.11. The quantitative estimate of drug-likeness (QED) is 0.353. The molecule has 0 atom stereocenters. The fourth-order valence-electron chi connectivity index (χ4n) is 3.36. The number of rotatable bonds is 3. The van der Waals surface area contributed by atoms with Crippen LogP contribution in [0.15, 0.2) is 77.3 Å². The second-order valence-corrected chi connectivity index (χ2v) is 10.7. The van der Waals surface area contributed by atoms with E-state index in [1.807, 2.05) is 0 Å². The molecule has 0 aliphatic carbocycles. The molecule has 0 nitrogen and oxygen atoms in total. The molecule has 0 heterocycles. The van der Waals surface area contributed by atoms with Gasteiger partial charge in [-0.2, -0.15) is 0 Å². The maximum absolute atomic E-state index is 3.53. The smallest absolute Gasteiger partial charge is 0.0175 e. The number of benzene rings is 3. The van der Waals surface area contributed by atoms with E-state index in [0.717, 1.165) is 4.47 Å². The Bertz CT molecular complexity index is 915. The van der Waals surface area contributed by atoms with Crippen molar-refractivity contribution in [3.05, 3.63) is 105 Å². The summed E-state index contributed by atoms with van der Waals surface area (Å²) >= 11 is 3.53. The van der Waals surface area contributed by atoms with E-state index in [2.05, 4.69) is 136 Å². The molecule has 0 amide bonds. The van der Waals surface area contributed by atoms with Crippen molar-refractivity contribution < 1.29 is 0 Å². The van der Waals surface area contributed by atoms with Gasteiger partial charge in [-0.05, 0) is 62.4 Å². The fraction of sp³-hybridized carbons (Fsp3) is 0.286. The van der Waals surface area contributed by atoms with E-state index in [1.165, 1.54) is 33.4 Å². The Morgan fingerprint density at radius 1 is 0.586 bits per heavy atom. The summed E-state index contributed by atoms with van der Waals surface area (Å²) in [6, 6.07) is 26.5. The molecule has 0 saturated heterocycles. The molecule has 150 valence electrons. The summed E-state index contributed by atoms with van der Waals surface area (Å²) in [5, 5.41) is 0. The van der Waals surface area contributed by atoms with Crippen LogP contribution in [-0.4, -0.2) is 0 Å². The zero-order valence-electron chi connectivity index (χ0n) is 18.4. The van der Waals surface area contributed by atoms with Crippen LogP contribution in [0.25, 0.3) is 11.6 Å². The molecule has 0 radical (unpaired) electrons. The van der Waals surface area contributed by atoms with Crippen LogP contribution < -0.4 is 0 Å². The van der Waals surface area contributed by atoms with E-state index in [1.54, 1.807) is 0 Å². The minimum atomic E-state index is 0.155. The molecule has 3 rings (SSSR count). The van der Waals surface area contributed by atoms with Crippen LogP contribution in [-0.2, 0) is 10.8 Å². The average molecular weight is 447 g/mol. The summed E-state index contributed by atoms with van der Waals surface area (Å²) in [5.74, 6) is 0. The van der Waals surface area contributed by atoms with E-state index >= 15 is 0 Å². The van der Waals surface area contributed by atoms with Crippen LogP contribution in [0, 0.1) is 0 Å². The second-order valence-electron chi connectivity index (χ2n) is 9.76. The molecule has 0 aliphatic heterocycles. The Hall–Kier alpha value is -2.12. The number of hydrogen-bond donors (Lipinski definition) is 0. The zero-order chi connectivity index (χ0) is 21.2. The highest BCUT2D eigenvalue weighted by molar-refractivity contribution is 9.10. The minimum Gasteiger partial charge on any atom is -0.0579 e. The Morgan fingerprint density at radius 2 is 0.966 bits per heavy atom. The Labute approximate surface area is 184 Å². The molecule has 0 spiro atoms. The maximum Gasteiger partial charge on any atom is 0.0175 e. The number of hydrogen-bond acceptors (Lipinski definition) is 0. The Kier molecular flexibility index (Phi) is 6.19. The molecule has 0 saturated carbocycles. The molecule has 0 unspecified atom stereocenters. The van der Waals surface area contributed by atoms with Gasteiger partial charge in [-0.3, -0.25) is 0 Å². The van der Waals surface area contributed by atoms with Gasteiger partial charge in [-0.15, -0.1) is 0 Å². The van der Waals surface area contributed by atoms with Gasteiger partial charge in [0.25, 0.3) is 0 Å². The highest BCUT2D eigenvalue weighted by atomic mass is 79.9. The van der Waals surface area contributed by atoms with Crippen molar-refractivity contribution in [2.24, 2.45) is 0 Å². The first-order valence-corrected chi connectivity index (χ1v) is 11.0. The van der Waals surface area contributed by atoms with Gasteiger partial charge in [0.2, 0.25) is 0 Å². The fourth-order valence-corrected chi connectivity index (χ4v) is 3.62. The monoisotopic (exact) mass is 446 g/mol. The third-order valence-corrected chi connectivity index (χ3v) is 5.83. The first kappa shape index (κ1) is 21.6. The normalized spacial score (nSPS) is 12.0. The van der Waals surface area contributed by atoms with Crippen molar-refractivity contribution in [3.8, 4) is 0 Å². The van der Waals surface area contributed by atoms with Gasteiger partial charge in [-0.25, -0.2) is 0 Å². The van der Waals surface area contributed by atoms with E-state index in [4.69, 9.17) is 0 Å². The lowest BCUT2D eigenvalue weighted by atomic mass is 9.84. The lowest BCUT2D eigenvalue weighted by molar-refractivity contribution is 0.590. The van der Waals surface area contributed by atoms with E-state index in [0.29, 0.717) is 0 Å². The first-order chi connectivity index (χ1) is 13.5. The minimum absolute atomic E-state index is 0.155. The SMILES string of the molecule is CC(C)(C)c1ccc(C(=Cc2ccc(Br)cc2)c2ccc(C(C)(C)C)cc2)cc1. The molecule has 0 aliphatic rings. The van der Waals surface area contributed by atoms with Crippen LogP contribution in [0.4, 0.5) is 0 Å². The molecule has 3 aromatic rings. The Morgan fingerprint density at radius 3 is 1.31 bits per heavy atom. The van der Waals surface area contributed by atoms with Crippen LogP contribution in [0.2, 0.25) is 0 Å². The Balaban J connectivity index is 2.08. The molecule has 0 fully saturated rings.